The van der Waals surface area contributed by atoms with Crippen LogP contribution in [0.4, 0.5) is 5.95 Å². The van der Waals surface area contributed by atoms with Gasteiger partial charge in [-0.3, -0.25) is 13.9 Å². The third kappa shape index (κ3) is 7.07. The van der Waals surface area contributed by atoms with Crippen LogP contribution in [-0.4, -0.2) is 62.1 Å². The minimum absolute atomic E-state index is 0.0392. The predicted molar refractivity (Wildman–Crippen MR) is 172 cm³/mol. The summed E-state index contributed by atoms with van der Waals surface area (Å²) in [6.45, 7) is 2.88. The zero-order chi connectivity index (χ0) is 33.2. The lowest BCUT2D eigenvalue weighted by molar-refractivity contribution is -0.146. The molecule has 2 aromatic heterocycles. The number of imidazole rings is 1. The van der Waals surface area contributed by atoms with Crippen molar-refractivity contribution in [1.82, 2.24) is 24.6 Å². The number of benzene rings is 3. The van der Waals surface area contributed by atoms with Crippen LogP contribution in [-0.2, 0) is 30.0 Å². The fraction of sp³-hybridized carbons (Fsp3) is 0.312. The highest BCUT2D eigenvalue weighted by molar-refractivity contribution is 7.52. The lowest BCUT2D eigenvalue weighted by Gasteiger charge is -2.25. The normalized spacial score (nSPS) is 21.4. The van der Waals surface area contributed by atoms with E-state index in [9.17, 15) is 14.5 Å². The molecule has 0 saturated carbocycles. The highest BCUT2D eigenvalue weighted by Gasteiger charge is 2.47. The van der Waals surface area contributed by atoms with E-state index in [1.54, 1.807) is 19.1 Å². The van der Waals surface area contributed by atoms with Crippen LogP contribution in [0.2, 0.25) is 0 Å². The minimum atomic E-state index is -4.27. The second-order valence-corrected chi connectivity index (χ2v) is 13.1. The van der Waals surface area contributed by atoms with E-state index in [1.807, 2.05) is 60.7 Å². The van der Waals surface area contributed by atoms with E-state index >= 15 is 0 Å². The van der Waals surface area contributed by atoms with Crippen molar-refractivity contribution in [3.8, 4) is 11.6 Å². The van der Waals surface area contributed by atoms with Gasteiger partial charge in [-0.25, -0.2) is 9.55 Å². The van der Waals surface area contributed by atoms with Crippen LogP contribution < -0.4 is 20.1 Å². The monoisotopic (exact) mass is 662 g/mol. The minimum Gasteiger partial charge on any atom is -0.479 e. The first-order valence-corrected chi connectivity index (χ1v) is 16.4. The molecule has 0 amide bonds. The molecule has 6 rings (SSSR count). The van der Waals surface area contributed by atoms with Crippen molar-refractivity contribution in [2.45, 2.75) is 50.8 Å². The highest BCUT2D eigenvalue weighted by Crippen LogP contribution is 2.48. The van der Waals surface area contributed by atoms with Crippen LogP contribution in [0.3, 0.4) is 0 Å². The number of rotatable bonds is 12. The molecular formula is C32H35N6O8P. The van der Waals surface area contributed by atoms with Gasteiger partial charge in [-0.05, 0) is 30.9 Å². The fourth-order valence-electron chi connectivity index (χ4n) is 5.44. The van der Waals surface area contributed by atoms with E-state index in [4.69, 9.17) is 29.0 Å². The lowest BCUT2D eigenvalue weighted by atomic mass is 10.0. The molecule has 5 aromatic rings. The van der Waals surface area contributed by atoms with E-state index in [1.165, 1.54) is 24.9 Å². The molecule has 1 aliphatic heterocycles. The Bertz CT molecular complexity index is 1930. The Morgan fingerprint density at radius 3 is 2.68 bits per heavy atom. The summed E-state index contributed by atoms with van der Waals surface area (Å²) in [6.07, 6.45) is -0.168. The molecular weight excluding hydrogens is 627 g/mol. The van der Waals surface area contributed by atoms with Crippen molar-refractivity contribution in [1.29, 1.82) is 0 Å². The number of carbonyl (C=O) groups excluding carboxylic acids is 1. The summed E-state index contributed by atoms with van der Waals surface area (Å²) in [7, 11) is -2.83. The van der Waals surface area contributed by atoms with E-state index < -0.39 is 37.7 Å². The molecule has 47 heavy (non-hydrogen) atoms. The molecule has 1 saturated heterocycles. The maximum Gasteiger partial charge on any atom is 0.459 e. The van der Waals surface area contributed by atoms with Gasteiger partial charge in [-0.2, -0.15) is 15.1 Å². The quantitative estimate of drug-likeness (QED) is 0.125. The maximum absolute atomic E-state index is 14.4. The van der Waals surface area contributed by atoms with Crippen molar-refractivity contribution < 1.29 is 37.7 Å². The molecule has 2 unspecified atom stereocenters. The summed E-state index contributed by atoms with van der Waals surface area (Å²) >= 11 is 0. The van der Waals surface area contributed by atoms with Gasteiger partial charge in [0, 0.05) is 11.8 Å². The number of hydrogen-bond acceptors (Lipinski definition) is 12. The van der Waals surface area contributed by atoms with Gasteiger partial charge >= 0.3 is 13.7 Å². The van der Waals surface area contributed by atoms with Crippen molar-refractivity contribution in [2.24, 2.45) is 0 Å². The Labute approximate surface area is 270 Å². The second kappa shape index (κ2) is 13.3. The number of aliphatic hydroxyl groups is 1. The molecule has 3 aromatic carbocycles. The molecule has 246 valence electrons. The first-order chi connectivity index (χ1) is 22.5. The number of methoxy groups -OCH3 is 1. The molecule has 1 aliphatic rings. The van der Waals surface area contributed by atoms with Crippen LogP contribution in [0.25, 0.3) is 21.9 Å². The molecule has 5 atom stereocenters. The second-order valence-electron chi connectivity index (χ2n) is 11.4. The van der Waals surface area contributed by atoms with Crippen LogP contribution in [0.1, 0.15) is 32.1 Å². The number of carbonyl (C=O) groups is 1. The summed E-state index contributed by atoms with van der Waals surface area (Å²) in [4.78, 5) is 25.6. The smallest absolute Gasteiger partial charge is 0.459 e. The number of nitrogens with one attached hydrogen (secondary N) is 1. The molecule has 0 spiro atoms. The molecule has 0 bridgehead atoms. The average molecular weight is 663 g/mol. The Morgan fingerprint density at radius 1 is 1.15 bits per heavy atom. The molecule has 0 radical (unpaired) electrons. The Morgan fingerprint density at radius 2 is 1.89 bits per heavy atom. The Balaban J connectivity index is 1.21. The SMILES string of the molecule is COc1nc(N)nc2c1ncn2C1O[C@H](COP(=O)(N[C@@H](C)C(=O)OCc2ccccc2)Oc2cccc3ccccc23)C[C@@]1(C)O. The van der Waals surface area contributed by atoms with E-state index in [2.05, 4.69) is 20.0 Å². The van der Waals surface area contributed by atoms with Gasteiger partial charge in [0.25, 0.3) is 0 Å². The number of esters is 1. The van der Waals surface area contributed by atoms with Crippen LogP contribution >= 0.6 is 7.75 Å². The third-order valence-electron chi connectivity index (χ3n) is 7.67. The van der Waals surface area contributed by atoms with Gasteiger partial charge < -0.3 is 29.6 Å². The van der Waals surface area contributed by atoms with Crippen molar-refractivity contribution in [3.63, 3.8) is 0 Å². The van der Waals surface area contributed by atoms with Crippen LogP contribution in [0, 0.1) is 0 Å². The fourth-order valence-corrected chi connectivity index (χ4v) is 6.98. The van der Waals surface area contributed by atoms with Crippen molar-refractivity contribution in [2.75, 3.05) is 19.5 Å². The zero-order valence-electron chi connectivity index (χ0n) is 26.0. The largest absolute Gasteiger partial charge is 0.479 e. The number of fused-ring (bicyclic) bond motifs is 2. The van der Waals surface area contributed by atoms with E-state index in [-0.39, 0.29) is 37.2 Å². The van der Waals surface area contributed by atoms with E-state index in [0.29, 0.717) is 16.6 Å². The molecule has 0 aliphatic carbocycles. The van der Waals surface area contributed by atoms with Gasteiger partial charge in [0.2, 0.25) is 11.8 Å². The number of aromatic nitrogens is 4. The lowest BCUT2D eigenvalue weighted by Crippen LogP contribution is -2.35. The number of nitrogen functional groups attached to an aromatic ring is 1. The Hall–Kier alpha value is -4.59. The number of anilines is 1. The van der Waals surface area contributed by atoms with Gasteiger partial charge in [-0.1, -0.05) is 66.7 Å². The van der Waals surface area contributed by atoms with Gasteiger partial charge in [0.05, 0.1) is 26.1 Å². The van der Waals surface area contributed by atoms with Crippen LogP contribution in [0.15, 0.2) is 79.1 Å². The summed E-state index contributed by atoms with van der Waals surface area (Å²) in [5.41, 5.74) is 5.90. The molecule has 3 heterocycles. The van der Waals surface area contributed by atoms with Crippen molar-refractivity contribution >= 4 is 41.6 Å². The molecule has 15 heteroatoms. The zero-order valence-corrected chi connectivity index (χ0v) is 26.9. The van der Waals surface area contributed by atoms with Gasteiger partial charge in [0.15, 0.2) is 17.4 Å². The first-order valence-electron chi connectivity index (χ1n) is 14.9. The Kier molecular flexibility index (Phi) is 9.13. The van der Waals surface area contributed by atoms with Gasteiger partial charge in [0.1, 0.15) is 24.0 Å². The van der Waals surface area contributed by atoms with Crippen LogP contribution in [0.5, 0.6) is 11.6 Å². The first kappa shape index (κ1) is 32.4. The topological polar surface area (TPSA) is 182 Å². The van der Waals surface area contributed by atoms with E-state index in [0.717, 1.165) is 10.9 Å². The average Bonchev–Trinajstić information content (AvgIpc) is 3.61. The summed E-state index contributed by atoms with van der Waals surface area (Å²) in [5.74, 6) is -0.222. The number of nitrogens with two attached hydrogens (primary N) is 1. The molecule has 4 N–H and O–H groups in total. The van der Waals surface area contributed by atoms with Crippen molar-refractivity contribution in [3.05, 3.63) is 84.7 Å². The summed E-state index contributed by atoms with van der Waals surface area (Å²) in [6, 6.07) is 20.9. The number of ether oxygens (including phenoxy) is 3. The highest BCUT2D eigenvalue weighted by atomic mass is 31.2. The predicted octanol–water partition coefficient (Wildman–Crippen LogP) is 4.53. The summed E-state index contributed by atoms with van der Waals surface area (Å²) in [5, 5.41) is 15.7. The summed E-state index contributed by atoms with van der Waals surface area (Å²) < 4.78 is 44.8. The molecule has 1 fully saturated rings. The number of hydrogen-bond donors (Lipinski definition) is 3. The maximum atomic E-state index is 14.4. The third-order valence-corrected chi connectivity index (χ3v) is 9.30. The van der Waals surface area contributed by atoms with Gasteiger partial charge in [-0.15, -0.1) is 0 Å². The molecule has 14 nitrogen and oxygen atoms in total. The number of nitrogens with zero attached hydrogens (tertiary/aromatic N) is 4. The standard InChI is InChI=1S/C32H35N6O8P/c1-20(29(39)43-17-21-10-5-4-6-11-21)37-47(41,46-25-15-9-13-22-12-7-8-14-24(22)25)44-18-23-16-32(2,40)30(45-23)38-19-34-26-27(38)35-31(33)36-28(26)42-3/h4-15,19-20,23,30,40H,16-18H2,1-3H3,(H,37,41)(H2,33,35,36)/t20-,23-,30?,32+,47?/m0/s1.